The molecule has 1 aromatic carbocycles. The zero-order chi connectivity index (χ0) is 20.1. The Labute approximate surface area is 175 Å². The molecule has 28 heavy (non-hydrogen) atoms. The molecule has 0 radical (unpaired) electrons. The molecule has 1 saturated heterocycles. The maximum absolute atomic E-state index is 12.5. The van der Waals surface area contributed by atoms with E-state index in [2.05, 4.69) is 5.32 Å². The number of carbonyl (C=O) groups excluding carboxylic acids is 2. The number of aromatic hydroxyl groups is 2. The maximum atomic E-state index is 12.5. The van der Waals surface area contributed by atoms with Gasteiger partial charge in [0.05, 0.1) is 4.91 Å². The lowest BCUT2D eigenvalue weighted by Gasteiger charge is -2.14. The van der Waals surface area contributed by atoms with Crippen molar-refractivity contribution in [3.63, 3.8) is 0 Å². The van der Waals surface area contributed by atoms with E-state index in [1.807, 2.05) is 23.6 Å². The Morgan fingerprint density at radius 3 is 2.79 bits per heavy atom. The lowest BCUT2D eigenvalue weighted by atomic mass is 10.1. The molecule has 1 aromatic heterocycles. The van der Waals surface area contributed by atoms with Gasteiger partial charge in [-0.1, -0.05) is 36.1 Å². The van der Waals surface area contributed by atoms with Gasteiger partial charge in [0.2, 0.25) is 5.91 Å². The summed E-state index contributed by atoms with van der Waals surface area (Å²) in [7, 11) is 0. The maximum Gasteiger partial charge on any atom is 0.266 e. The van der Waals surface area contributed by atoms with Crippen molar-refractivity contribution in [2.75, 3.05) is 13.1 Å². The summed E-state index contributed by atoms with van der Waals surface area (Å²) in [5.74, 6) is -0.715. The fraction of sp³-hybridized carbons (Fsp3) is 0.211. The average Bonchev–Trinajstić information content (AvgIpc) is 3.25. The van der Waals surface area contributed by atoms with E-state index < -0.39 is 0 Å². The highest BCUT2D eigenvalue weighted by molar-refractivity contribution is 8.26. The summed E-state index contributed by atoms with van der Waals surface area (Å²) in [5.41, 5.74) is 0.797. The largest absolute Gasteiger partial charge is 0.504 e. The number of phenols is 2. The van der Waals surface area contributed by atoms with Gasteiger partial charge in [0.1, 0.15) is 4.32 Å². The molecule has 3 rings (SSSR count). The average molecular weight is 435 g/mol. The molecule has 0 bridgehead atoms. The first-order valence-corrected chi connectivity index (χ1v) is 10.6. The molecule has 1 aliphatic rings. The first-order chi connectivity index (χ1) is 13.4. The summed E-state index contributed by atoms with van der Waals surface area (Å²) >= 11 is 8.06. The molecule has 2 amide bonds. The molecule has 0 aliphatic carbocycles. The third-order valence-corrected chi connectivity index (χ3v) is 6.23. The van der Waals surface area contributed by atoms with Gasteiger partial charge in [0.25, 0.3) is 5.91 Å². The molecule has 2 heterocycles. The van der Waals surface area contributed by atoms with Gasteiger partial charge in [0, 0.05) is 24.4 Å². The number of amides is 2. The summed E-state index contributed by atoms with van der Waals surface area (Å²) < 4.78 is 0.458. The molecule has 0 saturated carbocycles. The van der Waals surface area contributed by atoms with Crippen LogP contribution in [0.3, 0.4) is 0 Å². The third-order valence-electron chi connectivity index (χ3n) is 4.03. The van der Waals surface area contributed by atoms with E-state index in [1.54, 1.807) is 17.4 Å². The summed E-state index contributed by atoms with van der Waals surface area (Å²) in [6.07, 6.45) is 2.49. The number of nitrogens with one attached hydrogen (secondary N) is 1. The fourth-order valence-corrected chi connectivity index (χ4v) is 4.60. The van der Waals surface area contributed by atoms with Crippen LogP contribution in [-0.2, 0) is 16.0 Å². The predicted molar refractivity (Wildman–Crippen MR) is 115 cm³/mol. The molecule has 6 nitrogen and oxygen atoms in total. The van der Waals surface area contributed by atoms with Crippen LogP contribution in [0.4, 0.5) is 0 Å². The van der Waals surface area contributed by atoms with Gasteiger partial charge >= 0.3 is 0 Å². The van der Waals surface area contributed by atoms with Crippen molar-refractivity contribution in [3.8, 4) is 11.5 Å². The predicted octanol–water partition coefficient (Wildman–Crippen LogP) is 3.11. The Morgan fingerprint density at radius 2 is 2.07 bits per heavy atom. The number of hydrogen-bond acceptors (Lipinski definition) is 7. The molecule has 9 heteroatoms. The van der Waals surface area contributed by atoms with E-state index in [0.29, 0.717) is 22.2 Å². The van der Waals surface area contributed by atoms with Crippen LogP contribution < -0.4 is 5.32 Å². The van der Waals surface area contributed by atoms with Crippen molar-refractivity contribution in [2.45, 2.75) is 12.8 Å². The first-order valence-electron chi connectivity index (χ1n) is 8.50. The minimum absolute atomic E-state index is 0.152. The second kappa shape index (κ2) is 9.22. The van der Waals surface area contributed by atoms with E-state index in [9.17, 15) is 19.8 Å². The lowest BCUT2D eigenvalue weighted by molar-refractivity contribution is -0.123. The number of phenolic OH excluding ortho intramolecular Hbond substituents is 2. The second-order valence-electron chi connectivity index (χ2n) is 6.02. The molecule has 0 spiro atoms. The molecule has 3 N–H and O–H groups in total. The first kappa shape index (κ1) is 20.4. The number of hydrogen-bond donors (Lipinski definition) is 3. The van der Waals surface area contributed by atoms with Crippen LogP contribution in [0.5, 0.6) is 11.5 Å². The van der Waals surface area contributed by atoms with Crippen LogP contribution in [-0.4, -0.2) is 44.3 Å². The topological polar surface area (TPSA) is 89.9 Å². The summed E-state index contributed by atoms with van der Waals surface area (Å²) in [6, 6.07) is 8.40. The number of nitrogens with zero attached hydrogens (tertiary/aromatic N) is 1. The van der Waals surface area contributed by atoms with E-state index in [0.717, 1.165) is 10.4 Å². The standard InChI is InChI=1S/C19H18N2O4S3/c22-14-4-3-12(10-15(14)23)5-7-20-17(24)6-8-21-18(25)16(28-19(21)26)11-13-2-1-9-27-13/h1-4,9-11,22-23H,5-8H2,(H,20,24). The van der Waals surface area contributed by atoms with Crippen molar-refractivity contribution in [1.29, 1.82) is 0 Å². The van der Waals surface area contributed by atoms with Crippen LogP contribution in [0.1, 0.15) is 16.9 Å². The third kappa shape index (κ3) is 5.12. The van der Waals surface area contributed by atoms with Crippen LogP contribution in [0.25, 0.3) is 6.08 Å². The number of benzene rings is 1. The molecule has 1 fully saturated rings. The highest BCUT2D eigenvalue weighted by atomic mass is 32.2. The normalized spacial score (nSPS) is 15.4. The summed E-state index contributed by atoms with van der Waals surface area (Å²) in [4.78, 5) is 27.6. The number of thioether (sulfide) groups is 1. The highest BCUT2D eigenvalue weighted by Gasteiger charge is 2.32. The van der Waals surface area contributed by atoms with E-state index in [4.69, 9.17) is 12.2 Å². The van der Waals surface area contributed by atoms with Crippen LogP contribution in [0.15, 0.2) is 40.6 Å². The molecule has 0 atom stereocenters. The van der Waals surface area contributed by atoms with Crippen molar-refractivity contribution < 1.29 is 19.8 Å². The monoisotopic (exact) mass is 434 g/mol. The number of thiocarbonyl (C=S) groups is 1. The SMILES string of the molecule is O=C(CCN1C(=O)C(=Cc2cccs2)SC1=S)NCCc1ccc(O)c(O)c1. The van der Waals surface area contributed by atoms with Gasteiger partial charge in [-0.05, 0) is 41.6 Å². The van der Waals surface area contributed by atoms with Gasteiger partial charge in [-0.2, -0.15) is 0 Å². The smallest absolute Gasteiger partial charge is 0.266 e. The molecule has 1 aliphatic heterocycles. The van der Waals surface area contributed by atoms with Gasteiger partial charge in [-0.15, -0.1) is 11.3 Å². The van der Waals surface area contributed by atoms with Gasteiger partial charge < -0.3 is 15.5 Å². The number of carbonyl (C=O) groups is 2. The Balaban J connectivity index is 1.45. The second-order valence-corrected chi connectivity index (χ2v) is 8.68. The molecular formula is C19H18N2O4S3. The zero-order valence-corrected chi connectivity index (χ0v) is 17.2. The Kier molecular flexibility index (Phi) is 6.71. The fourth-order valence-electron chi connectivity index (χ4n) is 2.57. The Bertz CT molecular complexity index is 925. The quantitative estimate of drug-likeness (QED) is 0.352. The van der Waals surface area contributed by atoms with Crippen LogP contribution in [0.2, 0.25) is 0 Å². The van der Waals surface area contributed by atoms with E-state index in [-0.39, 0.29) is 36.3 Å². The highest BCUT2D eigenvalue weighted by Crippen LogP contribution is 2.33. The van der Waals surface area contributed by atoms with Crippen molar-refractivity contribution in [2.24, 2.45) is 0 Å². The molecule has 2 aromatic rings. The Morgan fingerprint density at radius 1 is 1.25 bits per heavy atom. The van der Waals surface area contributed by atoms with E-state index in [1.165, 1.54) is 28.8 Å². The van der Waals surface area contributed by atoms with Crippen molar-refractivity contribution >= 4 is 57.5 Å². The summed E-state index contributed by atoms with van der Waals surface area (Å²) in [5, 5.41) is 23.5. The minimum atomic E-state index is -0.186. The van der Waals surface area contributed by atoms with Crippen molar-refractivity contribution in [3.05, 3.63) is 51.1 Å². The minimum Gasteiger partial charge on any atom is -0.504 e. The summed E-state index contributed by atoms with van der Waals surface area (Å²) in [6.45, 7) is 0.623. The molecular weight excluding hydrogens is 416 g/mol. The van der Waals surface area contributed by atoms with E-state index >= 15 is 0 Å². The van der Waals surface area contributed by atoms with Crippen molar-refractivity contribution in [1.82, 2.24) is 10.2 Å². The zero-order valence-electron chi connectivity index (χ0n) is 14.8. The molecule has 146 valence electrons. The van der Waals surface area contributed by atoms with Crippen LogP contribution in [0, 0.1) is 0 Å². The Hall–Kier alpha value is -2.36. The van der Waals surface area contributed by atoms with Gasteiger partial charge in [0.15, 0.2) is 11.5 Å². The lowest BCUT2D eigenvalue weighted by Crippen LogP contribution is -2.34. The van der Waals surface area contributed by atoms with Gasteiger partial charge in [-0.3, -0.25) is 14.5 Å². The van der Waals surface area contributed by atoms with Crippen LogP contribution >= 0.6 is 35.3 Å². The number of rotatable bonds is 7. The van der Waals surface area contributed by atoms with Gasteiger partial charge in [-0.25, -0.2) is 0 Å². The number of thiophene rings is 1. The molecule has 0 unspecified atom stereocenters.